The van der Waals surface area contributed by atoms with Crippen LogP contribution < -0.4 is 10.6 Å². The summed E-state index contributed by atoms with van der Waals surface area (Å²) in [5, 5.41) is 22.8. The predicted octanol–water partition coefficient (Wildman–Crippen LogP) is 1.19. The lowest BCUT2D eigenvalue weighted by Crippen LogP contribution is -2.50. The molecule has 6 nitrogen and oxygen atoms in total. The number of rotatable bonds is 7. The maximum absolute atomic E-state index is 11.8. The Morgan fingerprint density at radius 1 is 1.30 bits per heavy atom. The number of carboxylic acid groups (broad SMARTS) is 1. The van der Waals surface area contributed by atoms with Gasteiger partial charge in [-0.15, -0.1) is 0 Å². The van der Waals surface area contributed by atoms with Crippen molar-refractivity contribution in [3.05, 3.63) is 0 Å². The fourth-order valence-electron chi connectivity index (χ4n) is 2.49. The summed E-state index contributed by atoms with van der Waals surface area (Å²) >= 11 is 1.77. The highest BCUT2D eigenvalue weighted by Crippen LogP contribution is 2.37. The summed E-state index contributed by atoms with van der Waals surface area (Å²) in [7, 11) is 0. The van der Waals surface area contributed by atoms with Crippen LogP contribution in [0.3, 0.4) is 0 Å². The molecule has 0 aromatic heterocycles. The average Bonchev–Trinajstić information content (AvgIpc) is 2.45. The molecule has 1 atom stereocenters. The molecule has 1 saturated carbocycles. The maximum Gasteiger partial charge on any atom is 0.326 e. The Kier molecular flexibility index (Phi) is 7.15. The Labute approximate surface area is 123 Å². The van der Waals surface area contributed by atoms with Crippen LogP contribution >= 0.6 is 11.8 Å². The van der Waals surface area contributed by atoms with Crippen LogP contribution in [0.4, 0.5) is 4.79 Å². The molecular formula is C13H24N2O4S. The zero-order valence-corrected chi connectivity index (χ0v) is 12.7. The molecule has 0 radical (unpaired) electrons. The van der Waals surface area contributed by atoms with E-state index in [0.717, 1.165) is 12.8 Å². The van der Waals surface area contributed by atoms with E-state index in [1.165, 1.54) is 19.3 Å². The van der Waals surface area contributed by atoms with Crippen LogP contribution in [0.5, 0.6) is 0 Å². The Morgan fingerprint density at radius 2 is 1.95 bits per heavy atom. The Balaban J connectivity index is 2.43. The number of amides is 2. The number of urea groups is 1. The van der Waals surface area contributed by atoms with E-state index in [1.807, 2.05) is 0 Å². The summed E-state index contributed by atoms with van der Waals surface area (Å²) in [6.07, 6.45) is 7.80. The first-order valence-corrected chi connectivity index (χ1v) is 8.19. The number of carbonyl (C=O) groups excluding carboxylic acids is 1. The van der Waals surface area contributed by atoms with Gasteiger partial charge in [0.25, 0.3) is 0 Å². The van der Waals surface area contributed by atoms with Crippen molar-refractivity contribution in [3.63, 3.8) is 0 Å². The largest absolute Gasteiger partial charge is 0.480 e. The van der Waals surface area contributed by atoms with E-state index in [1.54, 1.807) is 11.8 Å². The highest BCUT2D eigenvalue weighted by Gasteiger charge is 2.31. The first-order chi connectivity index (χ1) is 9.53. The third kappa shape index (κ3) is 5.20. The van der Waals surface area contributed by atoms with Crippen LogP contribution in [0, 0.1) is 0 Å². The number of aliphatic hydroxyl groups excluding tert-OH is 1. The van der Waals surface area contributed by atoms with Crippen molar-refractivity contribution in [2.24, 2.45) is 0 Å². The van der Waals surface area contributed by atoms with Crippen LogP contribution in [-0.4, -0.2) is 52.4 Å². The van der Waals surface area contributed by atoms with Gasteiger partial charge < -0.3 is 20.8 Å². The molecule has 4 N–H and O–H groups in total. The fraction of sp³-hybridized carbons (Fsp3) is 0.846. The van der Waals surface area contributed by atoms with Gasteiger partial charge in [0, 0.05) is 24.3 Å². The molecule has 0 bridgehead atoms. The third-order valence-electron chi connectivity index (χ3n) is 3.79. The molecule has 0 aliphatic heterocycles. The van der Waals surface area contributed by atoms with Crippen molar-refractivity contribution in [2.45, 2.75) is 49.3 Å². The molecule has 1 fully saturated rings. The van der Waals surface area contributed by atoms with E-state index in [9.17, 15) is 9.59 Å². The fourth-order valence-corrected chi connectivity index (χ4v) is 3.40. The first-order valence-electron chi connectivity index (χ1n) is 6.96. The summed E-state index contributed by atoms with van der Waals surface area (Å²) in [5.41, 5.74) is 0. The van der Waals surface area contributed by atoms with Gasteiger partial charge in [-0.05, 0) is 19.1 Å². The number of hydrogen-bond acceptors (Lipinski definition) is 4. The molecule has 20 heavy (non-hydrogen) atoms. The number of aliphatic carboxylic acids is 1. The number of carboxylic acids is 1. The van der Waals surface area contributed by atoms with Gasteiger partial charge in [-0.3, -0.25) is 0 Å². The maximum atomic E-state index is 11.8. The molecule has 2 amide bonds. The van der Waals surface area contributed by atoms with Crippen molar-refractivity contribution < 1.29 is 19.8 Å². The molecule has 116 valence electrons. The van der Waals surface area contributed by atoms with Crippen LogP contribution in [-0.2, 0) is 4.79 Å². The molecule has 1 rings (SSSR count). The monoisotopic (exact) mass is 304 g/mol. The zero-order valence-electron chi connectivity index (χ0n) is 11.9. The lowest BCUT2D eigenvalue weighted by atomic mass is 9.88. The second kappa shape index (κ2) is 8.36. The van der Waals surface area contributed by atoms with Crippen LogP contribution in [0.15, 0.2) is 0 Å². The topological polar surface area (TPSA) is 98.7 Å². The molecule has 0 unspecified atom stereocenters. The average molecular weight is 304 g/mol. The lowest BCUT2D eigenvalue weighted by Gasteiger charge is -2.35. The van der Waals surface area contributed by atoms with E-state index in [4.69, 9.17) is 10.2 Å². The normalized spacial score (nSPS) is 19.1. The molecule has 0 heterocycles. The summed E-state index contributed by atoms with van der Waals surface area (Å²) in [5.74, 6) is -1.13. The Bertz CT molecular complexity index is 332. The van der Waals surface area contributed by atoms with Crippen molar-refractivity contribution in [1.82, 2.24) is 10.6 Å². The minimum Gasteiger partial charge on any atom is -0.480 e. The van der Waals surface area contributed by atoms with Gasteiger partial charge in [-0.1, -0.05) is 19.3 Å². The van der Waals surface area contributed by atoms with Crippen molar-refractivity contribution >= 4 is 23.8 Å². The summed E-state index contributed by atoms with van der Waals surface area (Å²) in [4.78, 5) is 22.6. The minimum atomic E-state index is -1.13. The Hall–Kier alpha value is -0.950. The molecule has 0 spiro atoms. The van der Waals surface area contributed by atoms with Crippen molar-refractivity contribution in [2.75, 3.05) is 19.4 Å². The van der Waals surface area contributed by atoms with Crippen molar-refractivity contribution in [3.8, 4) is 0 Å². The van der Waals surface area contributed by atoms with Gasteiger partial charge in [0.15, 0.2) is 0 Å². The molecule has 1 aliphatic carbocycles. The van der Waals surface area contributed by atoms with Gasteiger partial charge in [0.2, 0.25) is 0 Å². The number of hydrogen-bond donors (Lipinski definition) is 4. The first kappa shape index (κ1) is 17.1. The molecule has 0 saturated heterocycles. The van der Waals surface area contributed by atoms with E-state index in [2.05, 4.69) is 16.9 Å². The van der Waals surface area contributed by atoms with E-state index < -0.39 is 18.0 Å². The van der Waals surface area contributed by atoms with Gasteiger partial charge in [-0.2, -0.15) is 11.8 Å². The van der Waals surface area contributed by atoms with Gasteiger partial charge in [0.05, 0.1) is 0 Å². The number of nitrogens with one attached hydrogen (secondary N) is 2. The van der Waals surface area contributed by atoms with Gasteiger partial charge in [-0.25, -0.2) is 9.59 Å². The third-order valence-corrected chi connectivity index (χ3v) is 5.21. The predicted molar refractivity (Wildman–Crippen MR) is 79.0 cm³/mol. The van der Waals surface area contributed by atoms with Crippen LogP contribution in [0.2, 0.25) is 0 Å². The Morgan fingerprint density at radius 3 is 2.45 bits per heavy atom. The highest BCUT2D eigenvalue weighted by atomic mass is 32.2. The minimum absolute atomic E-state index is 0.0103. The molecule has 0 aromatic carbocycles. The smallest absolute Gasteiger partial charge is 0.326 e. The molecule has 7 heteroatoms. The lowest BCUT2D eigenvalue weighted by molar-refractivity contribution is -0.139. The SMILES string of the molecule is CSC1(CNC(=O)N[C@@H](CCO)C(=O)O)CCCCC1. The number of thioether (sulfide) groups is 1. The molecule has 1 aliphatic rings. The highest BCUT2D eigenvalue weighted by molar-refractivity contribution is 8.00. The van der Waals surface area contributed by atoms with E-state index in [-0.39, 0.29) is 17.8 Å². The summed E-state index contributed by atoms with van der Waals surface area (Å²) in [6, 6.07) is -1.53. The second-order valence-corrected chi connectivity index (χ2v) is 6.45. The number of aliphatic hydroxyl groups is 1. The van der Waals surface area contributed by atoms with Gasteiger partial charge in [0.1, 0.15) is 6.04 Å². The summed E-state index contributed by atoms with van der Waals surface area (Å²) < 4.78 is 0.0747. The molecule has 0 aromatic rings. The van der Waals surface area contributed by atoms with E-state index in [0.29, 0.717) is 6.54 Å². The number of carbonyl (C=O) groups is 2. The standard InChI is InChI=1S/C13H24N2O4S/c1-20-13(6-3-2-4-7-13)9-14-12(19)15-10(5-8-16)11(17)18/h10,16H,2-9H2,1H3,(H,17,18)(H2,14,15,19)/t10-/m0/s1. The van der Waals surface area contributed by atoms with Crippen LogP contribution in [0.1, 0.15) is 38.5 Å². The quantitative estimate of drug-likeness (QED) is 0.566. The molecular weight excluding hydrogens is 280 g/mol. The van der Waals surface area contributed by atoms with Gasteiger partial charge >= 0.3 is 12.0 Å². The van der Waals surface area contributed by atoms with Crippen LogP contribution in [0.25, 0.3) is 0 Å². The zero-order chi connectivity index (χ0) is 15.0. The van der Waals surface area contributed by atoms with Crippen molar-refractivity contribution in [1.29, 1.82) is 0 Å². The second-order valence-electron chi connectivity index (χ2n) is 5.18. The summed E-state index contributed by atoms with van der Waals surface area (Å²) in [6.45, 7) is 0.275. The van der Waals surface area contributed by atoms with E-state index >= 15 is 0 Å².